The van der Waals surface area contributed by atoms with E-state index in [0.717, 1.165) is 0 Å². The van der Waals surface area contributed by atoms with Crippen LogP contribution in [0.15, 0.2) is 11.0 Å². The maximum atomic E-state index is 14.3. The molecule has 210 valence electrons. The lowest BCUT2D eigenvalue weighted by Crippen LogP contribution is -2.36. The molecule has 3 amide bonds. The van der Waals surface area contributed by atoms with Gasteiger partial charge in [-0.1, -0.05) is 6.42 Å². The van der Waals surface area contributed by atoms with Gasteiger partial charge < -0.3 is 41.2 Å². The van der Waals surface area contributed by atoms with Gasteiger partial charge in [-0.15, -0.1) is 0 Å². The van der Waals surface area contributed by atoms with Crippen LogP contribution in [-0.4, -0.2) is 79.8 Å². The molecule has 2 heterocycles. The first-order chi connectivity index (χ1) is 17.2. The minimum atomic E-state index is -1.57. The maximum absolute atomic E-state index is 14.3. The minimum Gasteiger partial charge on any atom is -0.444 e. The van der Waals surface area contributed by atoms with Gasteiger partial charge in [0.05, 0.1) is 12.8 Å². The van der Waals surface area contributed by atoms with Gasteiger partial charge in [-0.05, 0) is 33.6 Å². The number of nitrogens with one attached hydrogen (secondary N) is 2. The smallest absolute Gasteiger partial charge is 0.405 e. The summed E-state index contributed by atoms with van der Waals surface area (Å²) < 4.78 is 24.7. The van der Waals surface area contributed by atoms with Crippen molar-refractivity contribution >= 4 is 23.7 Å². The first-order valence-electron chi connectivity index (χ1n) is 11.6. The summed E-state index contributed by atoms with van der Waals surface area (Å²) in [6, 6.07) is 0. The predicted molar refractivity (Wildman–Crippen MR) is 128 cm³/mol. The lowest BCUT2D eigenvalue weighted by Gasteiger charge is -2.17. The molecule has 1 aliphatic heterocycles. The fraction of sp³-hybridized carbons (Fsp3) is 0.682. The molecule has 4 unspecified atom stereocenters. The topological polar surface area (TPSA) is 215 Å². The van der Waals surface area contributed by atoms with Crippen LogP contribution < -0.4 is 22.1 Å². The summed E-state index contributed by atoms with van der Waals surface area (Å²) >= 11 is 0. The summed E-state index contributed by atoms with van der Waals surface area (Å²) in [6.45, 7) is 6.60. The van der Waals surface area contributed by atoms with E-state index in [-0.39, 0.29) is 12.3 Å². The quantitative estimate of drug-likeness (QED) is 0.224. The Kier molecular flexibility index (Phi) is 12.6. The molecule has 0 radical (unpaired) electrons. The molecule has 1 fully saturated rings. The number of hydrogen-bond donors (Lipinski definition) is 6. The van der Waals surface area contributed by atoms with Crippen molar-refractivity contribution < 1.29 is 43.6 Å². The predicted octanol–water partition coefficient (Wildman–Crippen LogP) is -0.491. The van der Waals surface area contributed by atoms with Gasteiger partial charge >= 0.3 is 11.8 Å². The van der Waals surface area contributed by atoms with Crippen LogP contribution in [0.3, 0.4) is 0 Å². The van der Waals surface area contributed by atoms with Crippen LogP contribution in [0, 0.1) is 5.82 Å². The van der Waals surface area contributed by atoms with Crippen LogP contribution in [0.4, 0.5) is 15.0 Å². The van der Waals surface area contributed by atoms with Crippen LogP contribution >= 0.6 is 0 Å². The number of nitrogens with two attached hydrogens (primary N) is 1. The minimum absolute atomic E-state index is 0.0824. The Morgan fingerprint density at radius 3 is 2.35 bits per heavy atom. The monoisotopic (exact) mass is 533 g/mol. The number of ether oxygens (including phenoxy) is 2. The third-order valence-electron chi connectivity index (χ3n) is 4.82. The van der Waals surface area contributed by atoms with Gasteiger partial charge in [0.1, 0.15) is 23.9 Å². The summed E-state index contributed by atoms with van der Waals surface area (Å²) in [4.78, 5) is 48.3. The fourth-order valence-electron chi connectivity index (χ4n) is 3.17. The Bertz CT molecular complexity index is 982. The highest BCUT2D eigenvalue weighted by molar-refractivity contribution is 5.89. The Morgan fingerprint density at radius 2 is 1.86 bits per heavy atom. The third kappa shape index (κ3) is 11.2. The molecular weight excluding hydrogens is 497 g/mol. The summed E-state index contributed by atoms with van der Waals surface area (Å²) in [5.41, 5.74) is 3.26. The number of aliphatic hydroxyl groups is 3. The summed E-state index contributed by atoms with van der Waals surface area (Å²) in [6.07, 6.45) is -3.63. The van der Waals surface area contributed by atoms with Crippen molar-refractivity contribution in [3.05, 3.63) is 22.5 Å². The first-order valence-corrected chi connectivity index (χ1v) is 11.6. The van der Waals surface area contributed by atoms with Crippen molar-refractivity contribution in [3.63, 3.8) is 0 Å². The van der Waals surface area contributed by atoms with Crippen LogP contribution in [0.25, 0.3) is 0 Å². The number of amides is 3. The number of anilines is 1. The average molecular weight is 534 g/mol. The zero-order chi connectivity index (χ0) is 28.3. The molecule has 37 heavy (non-hydrogen) atoms. The van der Waals surface area contributed by atoms with Gasteiger partial charge in [0.2, 0.25) is 11.8 Å². The third-order valence-corrected chi connectivity index (χ3v) is 4.82. The Morgan fingerprint density at radius 1 is 1.22 bits per heavy atom. The number of aromatic nitrogens is 2. The van der Waals surface area contributed by atoms with Gasteiger partial charge in [0, 0.05) is 19.9 Å². The van der Waals surface area contributed by atoms with E-state index in [4.69, 9.17) is 15.6 Å². The van der Waals surface area contributed by atoms with E-state index in [0.29, 0.717) is 36.6 Å². The van der Waals surface area contributed by atoms with Crippen molar-refractivity contribution in [2.75, 3.05) is 18.5 Å². The molecule has 15 heteroatoms. The molecule has 0 bridgehead atoms. The molecule has 14 nitrogen and oxygen atoms in total. The second-order valence-electron chi connectivity index (χ2n) is 9.23. The number of primary amides is 1. The van der Waals surface area contributed by atoms with Gasteiger partial charge in [-0.3, -0.25) is 14.2 Å². The van der Waals surface area contributed by atoms with Crippen LogP contribution in [-0.2, 0) is 19.1 Å². The molecule has 2 rings (SSSR count). The van der Waals surface area contributed by atoms with Crippen LogP contribution in [0.2, 0.25) is 0 Å². The summed E-state index contributed by atoms with van der Waals surface area (Å²) in [5, 5.41) is 33.6. The molecule has 4 atom stereocenters. The Hall–Kier alpha value is -3.14. The molecule has 1 aliphatic rings. The number of carbonyl (C=O) groups is 3. The first kappa shape index (κ1) is 31.9. The highest BCUT2D eigenvalue weighted by atomic mass is 19.1. The summed E-state index contributed by atoms with van der Waals surface area (Å²) in [5.74, 6) is -2.24. The molecule has 0 spiro atoms. The standard InChI is InChI=1S/C17H25FN4O7.C5H11NO2/c1-9(24)19-6-4-2-3-5-12(25)20-15-10(18)7-22(17(28)21-15)16-14(27)13(26)11(8-23)29-16;1-5(2,3)8-4(6)7/h7,11,13-14,16,23,26-27H,2-6,8H2,1H3,(H,19,24)(H,20,21,25,28);1-3H3,(H2,6,7). The molecule has 7 N–H and O–H groups in total. The largest absolute Gasteiger partial charge is 0.444 e. The fourth-order valence-corrected chi connectivity index (χ4v) is 3.17. The van der Waals surface area contributed by atoms with Crippen molar-refractivity contribution in [3.8, 4) is 0 Å². The second-order valence-corrected chi connectivity index (χ2v) is 9.23. The van der Waals surface area contributed by atoms with E-state index in [1.54, 1.807) is 20.8 Å². The van der Waals surface area contributed by atoms with E-state index >= 15 is 0 Å². The lowest BCUT2D eigenvalue weighted by molar-refractivity contribution is -0.119. The van der Waals surface area contributed by atoms with Gasteiger partial charge in [-0.2, -0.15) is 4.98 Å². The Labute approximate surface area is 213 Å². The number of carbonyl (C=O) groups excluding carboxylic acids is 3. The molecule has 0 aromatic carbocycles. The van der Waals surface area contributed by atoms with Gasteiger partial charge in [0.25, 0.3) is 0 Å². The normalized spacial score (nSPS) is 21.0. The SMILES string of the molecule is CC(=O)NCCCCCC(=O)Nc1nc(=O)n(C2OC(CO)C(O)C2O)cc1F.CC(C)(C)OC(N)=O. The number of hydrogen-bond acceptors (Lipinski definition) is 10. The number of unbranched alkanes of at least 4 members (excludes halogenated alkanes) is 2. The van der Waals surface area contributed by atoms with E-state index in [9.17, 15) is 33.8 Å². The number of nitrogens with zero attached hydrogens (tertiary/aromatic N) is 2. The number of rotatable bonds is 9. The second kappa shape index (κ2) is 14.6. The Balaban J connectivity index is 0.000000738. The zero-order valence-corrected chi connectivity index (χ0v) is 21.3. The molecule has 1 saturated heterocycles. The summed E-state index contributed by atoms with van der Waals surface area (Å²) in [7, 11) is 0. The van der Waals surface area contributed by atoms with Crippen LogP contribution in [0.5, 0.6) is 0 Å². The molecule has 1 aromatic rings. The molecular formula is C22H36FN5O9. The lowest BCUT2D eigenvalue weighted by atomic mass is 10.1. The van der Waals surface area contributed by atoms with Gasteiger partial charge in [0.15, 0.2) is 17.9 Å². The van der Waals surface area contributed by atoms with E-state index in [1.807, 2.05) is 0 Å². The molecule has 0 aliphatic carbocycles. The number of halogens is 1. The van der Waals surface area contributed by atoms with Gasteiger partial charge in [-0.25, -0.2) is 14.0 Å². The van der Waals surface area contributed by atoms with E-state index < -0.39 is 66.1 Å². The average Bonchev–Trinajstić information content (AvgIpc) is 3.05. The highest BCUT2D eigenvalue weighted by Gasteiger charge is 2.44. The zero-order valence-electron chi connectivity index (χ0n) is 21.3. The van der Waals surface area contributed by atoms with E-state index in [2.05, 4.69) is 20.4 Å². The van der Waals surface area contributed by atoms with Crippen molar-refractivity contribution in [2.45, 2.75) is 83.5 Å². The highest BCUT2D eigenvalue weighted by Crippen LogP contribution is 2.28. The number of aliphatic hydroxyl groups excluding tert-OH is 3. The van der Waals surface area contributed by atoms with E-state index in [1.165, 1.54) is 6.92 Å². The molecule has 0 saturated carbocycles. The maximum Gasteiger partial charge on any atom is 0.405 e. The van der Waals surface area contributed by atoms with Crippen molar-refractivity contribution in [2.24, 2.45) is 5.73 Å². The van der Waals surface area contributed by atoms with Crippen LogP contribution in [0.1, 0.15) is 59.6 Å². The van der Waals surface area contributed by atoms with Crippen molar-refractivity contribution in [1.29, 1.82) is 0 Å². The van der Waals surface area contributed by atoms with Crippen molar-refractivity contribution in [1.82, 2.24) is 14.9 Å². The molecule has 1 aromatic heterocycles.